The monoisotopic (exact) mass is 228 g/mol. The molecule has 0 bridgehead atoms. The van der Waals surface area contributed by atoms with Crippen LogP contribution in [-0.4, -0.2) is 34.6 Å². The summed E-state index contributed by atoms with van der Waals surface area (Å²) in [6.45, 7) is 0. The second-order valence-corrected chi connectivity index (χ2v) is 2.91. The quantitative estimate of drug-likeness (QED) is 0.624. The molecule has 0 aliphatic carbocycles. The molecule has 0 saturated carbocycles. The van der Waals surface area contributed by atoms with E-state index in [0.717, 1.165) is 9.46 Å². The molecule has 0 aromatic carbocycles. The minimum absolute atomic E-state index is 0.885. The summed E-state index contributed by atoms with van der Waals surface area (Å²) in [5.74, 6) is 0.885. The summed E-state index contributed by atoms with van der Waals surface area (Å²) in [6.07, 6.45) is 1.77. The average Bonchev–Trinajstić information content (AvgIpc) is 1.89. The van der Waals surface area contributed by atoms with E-state index in [1.54, 1.807) is 13.3 Å². The van der Waals surface area contributed by atoms with Crippen molar-refractivity contribution >= 4 is 26.2 Å². The Morgan fingerprint density at radius 3 is 2.89 bits per heavy atom. The zero-order chi connectivity index (χ0) is 6.69. The van der Waals surface area contributed by atoms with Crippen LogP contribution in [0.15, 0.2) is 18.3 Å². The number of hydrogen-bond acceptors (Lipinski definition) is 2. The number of rotatable bonds is 1. The molecule has 0 unspecified atom stereocenters. The van der Waals surface area contributed by atoms with Crippen molar-refractivity contribution in [1.82, 2.24) is 4.98 Å². The van der Waals surface area contributed by atoms with Crippen molar-refractivity contribution in [1.29, 1.82) is 0 Å². The Hall–Kier alpha value is -0.251. The Kier molecular flexibility index (Phi) is 2.33. The zero-order valence-electron chi connectivity index (χ0n) is 5.09. The molecule has 0 aliphatic rings. The third-order valence-corrected chi connectivity index (χ3v) is 2.06. The minimum atomic E-state index is 0.885. The van der Waals surface area contributed by atoms with Crippen LogP contribution in [0.1, 0.15) is 0 Å². The average molecular weight is 227 g/mol. The summed E-state index contributed by atoms with van der Waals surface area (Å²) in [5.41, 5.74) is 0. The normalized spacial score (nSPS) is 9.11. The molecule has 0 amide bonds. The standard InChI is InChI=1S/C6H6NO.Sn/c1-8-6-3-2-4-7-5-6;/h2-4H,1H3;. The van der Waals surface area contributed by atoms with E-state index >= 15 is 0 Å². The molecule has 1 aromatic rings. The molecule has 45 valence electrons. The molecule has 3 radical (unpaired) electrons. The Morgan fingerprint density at radius 2 is 2.44 bits per heavy atom. The van der Waals surface area contributed by atoms with Gasteiger partial charge in [-0.05, 0) is 0 Å². The first-order chi connectivity index (χ1) is 4.34. The van der Waals surface area contributed by atoms with E-state index in [2.05, 4.69) is 4.98 Å². The number of methoxy groups -OCH3 is 1. The molecule has 0 fully saturated rings. The third kappa shape index (κ3) is 1.58. The Morgan fingerprint density at radius 1 is 1.67 bits per heavy atom. The second kappa shape index (κ2) is 3.05. The van der Waals surface area contributed by atoms with Crippen molar-refractivity contribution in [2.45, 2.75) is 0 Å². The molecule has 2 nitrogen and oxygen atoms in total. The van der Waals surface area contributed by atoms with Crippen LogP contribution in [0.3, 0.4) is 0 Å². The molecule has 9 heavy (non-hydrogen) atoms. The predicted octanol–water partition coefficient (Wildman–Crippen LogP) is -0.116. The summed E-state index contributed by atoms with van der Waals surface area (Å²) < 4.78 is 6.03. The topological polar surface area (TPSA) is 22.1 Å². The van der Waals surface area contributed by atoms with E-state index in [1.807, 2.05) is 12.1 Å². The first kappa shape index (κ1) is 6.86. The van der Waals surface area contributed by atoms with Gasteiger partial charge in [-0.15, -0.1) is 0 Å². The Balaban J connectivity index is 3.01. The van der Waals surface area contributed by atoms with Crippen molar-refractivity contribution in [3.63, 3.8) is 0 Å². The van der Waals surface area contributed by atoms with Gasteiger partial charge < -0.3 is 0 Å². The van der Waals surface area contributed by atoms with Crippen LogP contribution in [-0.2, 0) is 0 Å². The van der Waals surface area contributed by atoms with Gasteiger partial charge in [-0.2, -0.15) is 0 Å². The van der Waals surface area contributed by atoms with Gasteiger partial charge in [0.25, 0.3) is 0 Å². The number of aromatic nitrogens is 1. The van der Waals surface area contributed by atoms with E-state index in [1.165, 1.54) is 22.5 Å². The van der Waals surface area contributed by atoms with Gasteiger partial charge in [0.15, 0.2) is 0 Å². The Bertz CT molecular complexity index is 202. The van der Waals surface area contributed by atoms with Crippen LogP contribution in [0.5, 0.6) is 5.75 Å². The molecule has 3 heteroatoms. The first-order valence-electron chi connectivity index (χ1n) is 2.55. The SMILES string of the molecule is COc1cccn[c]1[Sn]. The molecule has 0 atom stereocenters. The number of pyridine rings is 1. The van der Waals surface area contributed by atoms with Crippen LogP contribution in [0.25, 0.3) is 0 Å². The number of ether oxygens (including phenoxy) is 1. The van der Waals surface area contributed by atoms with Crippen LogP contribution < -0.4 is 8.45 Å². The molecule has 1 aromatic heterocycles. The first-order valence-corrected chi connectivity index (χ1v) is 3.98. The summed E-state index contributed by atoms with van der Waals surface area (Å²) in [7, 11) is 1.66. The van der Waals surface area contributed by atoms with E-state index < -0.39 is 0 Å². The maximum absolute atomic E-state index is 5.00. The van der Waals surface area contributed by atoms with E-state index in [-0.39, 0.29) is 0 Å². The van der Waals surface area contributed by atoms with E-state index in [4.69, 9.17) is 4.74 Å². The molecule has 1 rings (SSSR count). The van der Waals surface area contributed by atoms with Gasteiger partial charge in [0.2, 0.25) is 0 Å². The fourth-order valence-electron chi connectivity index (χ4n) is 0.555. The van der Waals surface area contributed by atoms with Crippen molar-refractivity contribution in [3.05, 3.63) is 18.3 Å². The third-order valence-electron chi connectivity index (χ3n) is 0.991. The van der Waals surface area contributed by atoms with Crippen LogP contribution >= 0.6 is 0 Å². The van der Waals surface area contributed by atoms with E-state index in [9.17, 15) is 0 Å². The summed E-state index contributed by atoms with van der Waals surface area (Å²) >= 11 is 1.29. The molecule has 0 aliphatic heterocycles. The van der Waals surface area contributed by atoms with Gasteiger partial charge in [0.1, 0.15) is 0 Å². The van der Waals surface area contributed by atoms with Gasteiger partial charge in [-0.1, -0.05) is 0 Å². The van der Waals surface area contributed by atoms with Gasteiger partial charge >= 0.3 is 67.1 Å². The van der Waals surface area contributed by atoms with Crippen LogP contribution in [0, 0.1) is 0 Å². The van der Waals surface area contributed by atoms with E-state index in [0.29, 0.717) is 0 Å². The summed E-state index contributed by atoms with van der Waals surface area (Å²) in [4.78, 5) is 4.06. The van der Waals surface area contributed by atoms with Crippen molar-refractivity contribution in [3.8, 4) is 5.75 Å². The number of hydrogen-bond donors (Lipinski definition) is 0. The molecular formula is C6H6NOSn. The van der Waals surface area contributed by atoms with Gasteiger partial charge in [0.05, 0.1) is 0 Å². The maximum atomic E-state index is 5.00. The summed E-state index contributed by atoms with van der Waals surface area (Å²) in [6, 6.07) is 3.78. The molecule has 1 heterocycles. The fraction of sp³-hybridized carbons (Fsp3) is 0.167. The summed E-state index contributed by atoms with van der Waals surface area (Å²) in [5, 5.41) is 0. The fourth-order valence-corrected chi connectivity index (χ4v) is 1.30. The van der Waals surface area contributed by atoms with Crippen molar-refractivity contribution in [2.75, 3.05) is 7.11 Å². The van der Waals surface area contributed by atoms with Crippen LogP contribution in [0.2, 0.25) is 0 Å². The molecule has 0 saturated heterocycles. The van der Waals surface area contributed by atoms with Gasteiger partial charge in [-0.3, -0.25) is 0 Å². The van der Waals surface area contributed by atoms with Gasteiger partial charge in [0, 0.05) is 0 Å². The van der Waals surface area contributed by atoms with Crippen molar-refractivity contribution < 1.29 is 4.74 Å². The molecule has 0 spiro atoms. The molecule has 0 N–H and O–H groups in total. The predicted molar refractivity (Wildman–Crippen MR) is 36.2 cm³/mol. The van der Waals surface area contributed by atoms with Crippen molar-refractivity contribution in [2.24, 2.45) is 0 Å². The zero-order valence-corrected chi connectivity index (χ0v) is 7.94. The molecular weight excluding hydrogens is 221 g/mol. The number of nitrogens with zero attached hydrogens (tertiary/aromatic N) is 1. The van der Waals surface area contributed by atoms with Gasteiger partial charge in [-0.25, -0.2) is 0 Å². The second-order valence-electron chi connectivity index (χ2n) is 1.55. The Labute approximate surface area is 67.3 Å². The van der Waals surface area contributed by atoms with Crippen LogP contribution in [0.4, 0.5) is 0 Å².